The number of fused-ring (bicyclic) bond motifs is 1. The first-order valence-electron chi connectivity index (χ1n) is 10.3. The van der Waals surface area contributed by atoms with Crippen molar-refractivity contribution in [2.24, 2.45) is 0 Å². The molecule has 1 aliphatic heterocycles. The minimum absolute atomic E-state index is 0.0906. The molecular weight excluding hydrogens is 378 g/mol. The average molecular weight is 406 g/mol. The second kappa shape index (κ2) is 8.26. The van der Waals surface area contributed by atoms with Gasteiger partial charge in [-0.25, -0.2) is 9.97 Å². The van der Waals surface area contributed by atoms with Gasteiger partial charge in [0.1, 0.15) is 5.82 Å². The maximum absolute atomic E-state index is 13.0. The molecule has 1 atom stereocenters. The Hall–Kier alpha value is -3.22. The highest BCUT2D eigenvalue weighted by Gasteiger charge is 2.27. The summed E-state index contributed by atoms with van der Waals surface area (Å²) in [5, 5.41) is 1.10. The zero-order valence-electron chi connectivity index (χ0n) is 17.7. The molecule has 4 rings (SSSR count). The Morgan fingerprint density at radius 2 is 2.07 bits per heavy atom. The number of rotatable bonds is 4. The Bertz CT molecular complexity index is 1090. The number of benzene rings is 1. The molecule has 0 saturated carbocycles. The SMILES string of the molecule is Cc1nc([C@H]2CCCN(C(=O)Cc3c[nH]c4ccccc34)C2)ncc1C(=O)N(C)C. The molecule has 7 nitrogen and oxygen atoms in total. The number of hydrogen-bond acceptors (Lipinski definition) is 4. The fraction of sp³-hybridized carbons (Fsp3) is 0.391. The fourth-order valence-corrected chi connectivity index (χ4v) is 4.10. The van der Waals surface area contributed by atoms with Crippen molar-refractivity contribution in [1.29, 1.82) is 0 Å². The fourth-order valence-electron chi connectivity index (χ4n) is 4.10. The van der Waals surface area contributed by atoms with E-state index in [1.54, 1.807) is 20.3 Å². The van der Waals surface area contributed by atoms with Crippen LogP contribution < -0.4 is 0 Å². The number of aromatic nitrogens is 3. The molecule has 0 bridgehead atoms. The van der Waals surface area contributed by atoms with Gasteiger partial charge in [-0.05, 0) is 31.4 Å². The third-order valence-electron chi connectivity index (χ3n) is 5.79. The number of piperidine rings is 1. The van der Waals surface area contributed by atoms with Crippen molar-refractivity contribution in [1.82, 2.24) is 24.8 Å². The normalized spacial score (nSPS) is 16.6. The van der Waals surface area contributed by atoms with E-state index >= 15 is 0 Å². The van der Waals surface area contributed by atoms with Crippen LogP contribution in [0.3, 0.4) is 0 Å². The number of aromatic amines is 1. The number of nitrogens with zero attached hydrogens (tertiary/aromatic N) is 4. The number of aryl methyl sites for hydroxylation is 1. The molecule has 1 aliphatic rings. The predicted molar refractivity (Wildman–Crippen MR) is 115 cm³/mol. The molecule has 0 aliphatic carbocycles. The summed E-state index contributed by atoms with van der Waals surface area (Å²) in [7, 11) is 3.43. The lowest BCUT2D eigenvalue weighted by atomic mass is 9.96. The lowest BCUT2D eigenvalue weighted by Gasteiger charge is -2.32. The van der Waals surface area contributed by atoms with Gasteiger partial charge in [0, 0.05) is 56.4 Å². The second-order valence-electron chi connectivity index (χ2n) is 8.14. The van der Waals surface area contributed by atoms with Crippen LogP contribution in [0.2, 0.25) is 0 Å². The van der Waals surface area contributed by atoms with Crippen LogP contribution in [0, 0.1) is 6.92 Å². The minimum Gasteiger partial charge on any atom is -0.361 e. The van der Waals surface area contributed by atoms with Crippen molar-refractivity contribution in [3.8, 4) is 0 Å². The summed E-state index contributed by atoms with van der Waals surface area (Å²) < 4.78 is 0. The molecule has 0 radical (unpaired) electrons. The van der Waals surface area contributed by atoms with Gasteiger partial charge in [0.2, 0.25) is 5.91 Å². The van der Waals surface area contributed by atoms with E-state index in [4.69, 9.17) is 0 Å². The number of amides is 2. The topological polar surface area (TPSA) is 82.2 Å². The lowest BCUT2D eigenvalue weighted by Crippen LogP contribution is -2.40. The minimum atomic E-state index is -0.0989. The van der Waals surface area contributed by atoms with E-state index in [-0.39, 0.29) is 17.7 Å². The zero-order chi connectivity index (χ0) is 21.3. The monoisotopic (exact) mass is 405 g/mol. The zero-order valence-corrected chi connectivity index (χ0v) is 17.7. The highest BCUT2D eigenvalue weighted by Crippen LogP contribution is 2.26. The Kier molecular flexibility index (Phi) is 5.53. The summed E-state index contributed by atoms with van der Waals surface area (Å²) in [5.74, 6) is 0.832. The van der Waals surface area contributed by atoms with E-state index in [9.17, 15) is 9.59 Å². The van der Waals surface area contributed by atoms with Crippen molar-refractivity contribution in [3.05, 3.63) is 59.3 Å². The first kappa shape index (κ1) is 20.1. The predicted octanol–water partition coefficient (Wildman–Crippen LogP) is 2.92. The summed E-state index contributed by atoms with van der Waals surface area (Å²) in [6, 6.07) is 8.04. The van der Waals surface area contributed by atoms with E-state index in [2.05, 4.69) is 15.0 Å². The molecule has 2 aromatic heterocycles. The van der Waals surface area contributed by atoms with Gasteiger partial charge < -0.3 is 14.8 Å². The van der Waals surface area contributed by atoms with Crippen LogP contribution in [-0.2, 0) is 11.2 Å². The molecule has 30 heavy (non-hydrogen) atoms. The van der Waals surface area contributed by atoms with Crippen molar-refractivity contribution in [2.45, 2.75) is 32.1 Å². The number of para-hydroxylation sites is 1. The molecule has 1 fully saturated rings. The molecule has 1 saturated heterocycles. The lowest BCUT2D eigenvalue weighted by molar-refractivity contribution is -0.131. The van der Waals surface area contributed by atoms with E-state index in [1.807, 2.05) is 42.3 Å². The number of carbonyl (C=O) groups is 2. The number of H-pyrrole nitrogens is 1. The Labute approximate surface area is 176 Å². The van der Waals surface area contributed by atoms with Crippen molar-refractivity contribution < 1.29 is 9.59 Å². The molecule has 2 amide bonds. The first-order valence-corrected chi connectivity index (χ1v) is 10.3. The van der Waals surface area contributed by atoms with E-state index in [1.165, 1.54) is 4.90 Å². The molecule has 1 N–H and O–H groups in total. The highest BCUT2D eigenvalue weighted by molar-refractivity contribution is 5.94. The van der Waals surface area contributed by atoms with Crippen LogP contribution in [0.15, 0.2) is 36.7 Å². The first-order chi connectivity index (χ1) is 14.4. The summed E-state index contributed by atoms with van der Waals surface area (Å²) in [6.07, 6.45) is 5.79. The van der Waals surface area contributed by atoms with Gasteiger partial charge in [-0.1, -0.05) is 18.2 Å². The molecule has 0 spiro atoms. The highest BCUT2D eigenvalue weighted by atomic mass is 16.2. The quantitative estimate of drug-likeness (QED) is 0.724. The van der Waals surface area contributed by atoms with E-state index < -0.39 is 0 Å². The summed E-state index contributed by atoms with van der Waals surface area (Å²) in [6.45, 7) is 3.21. The summed E-state index contributed by atoms with van der Waals surface area (Å²) in [4.78, 5) is 41.0. The van der Waals surface area contributed by atoms with Crippen LogP contribution in [-0.4, -0.2) is 63.8 Å². The van der Waals surface area contributed by atoms with Crippen LogP contribution in [0.1, 0.15) is 46.2 Å². The number of hydrogen-bond donors (Lipinski definition) is 1. The smallest absolute Gasteiger partial charge is 0.256 e. The van der Waals surface area contributed by atoms with Gasteiger partial charge in [-0.2, -0.15) is 0 Å². The second-order valence-corrected chi connectivity index (χ2v) is 8.14. The number of nitrogens with one attached hydrogen (secondary N) is 1. The third-order valence-corrected chi connectivity index (χ3v) is 5.79. The molecule has 1 aromatic carbocycles. The van der Waals surface area contributed by atoms with Gasteiger partial charge in [0.05, 0.1) is 17.7 Å². The van der Waals surface area contributed by atoms with E-state index in [0.29, 0.717) is 30.0 Å². The standard InChI is InChI=1S/C23H27N5O2/c1-15-19(23(30)27(2)3)13-25-22(26-15)16-7-6-10-28(14-16)21(29)11-17-12-24-20-9-5-4-8-18(17)20/h4-5,8-9,12-13,16,24H,6-7,10-11,14H2,1-3H3/t16-/m0/s1. The molecule has 3 heterocycles. The van der Waals surface area contributed by atoms with E-state index in [0.717, 1.165) is 35.9 Å². The maximum Gasteiger partial charge on any atom is 0.256 e. The summed E-state index contributed by atoms with van der Waals surface area (Å²) >= 11 is 0. The largest absolute Gasteiger partial charge is 0.361 e. The molecular formula is C23H27N5O2. The van der Waals surface area contributed by atoms with Gasteiger partial charge in [-0.15, -0.1) is 0 Å². The third kappa shape index (κ3) is 3.92. The Balaban J connectivity index is 1.47. The van der Waals surface area contributed by atoms with Gasteiger partial charge in [0.15, 0.2) is 0 Å². The molecule has 0 unspecified atom stereocenters. The Morgan fingerprint density at radius 3 is 2.83 bits per heavy atom. The molecule has 7 heteroatoms. The average Bonchev–Trinajstić information content (AvgIpc) is 3.16. The molecule has 3 aromatic rings. The molecule has 156 valence electrons. The van der Waals surface area contributed by atoms with Crippen LogP contribution in [0.4, 0.5) is 0 Å². The van der Waals surface area contributed by atoms with Crippen molar-refractivity contribution >= 4 is 22.7 Å². The number of likely N-dealkylation sites (tertiary alicyclic amines) is 1. The van der Waals surface area contributed by atoms with Crippen LogP contribution >= 0.6 is 0 Å². The van der Waals surface area contributed by atoms with Gasteiger partial charge in [-0.3, -0.25) is 9.59 Å². The van der Waals surface area contributed by atoms with Crippen molar-refractivity contribution in [3.63, 3.8) is 0 Å². The van der Waals surface area contributed by atoms with Gasteiger partial charge in [0.25, 0.3) is 5.91 Å². The summed E-state index contributed by atoms with van der Waals surface area (Å²) in [5.41, 5.74) is 3.28. The van der Waals surface area contributed by atoms with Gasteiger partial charge >= 0.3 is 0 Å². The maximum atomic E-state index is 13.0. The number of carbonyl (C=O) groups excluding carboxylic acids is 2. The van der Waals surface area contributed by atoms with Crippen LogP contribution in [0.5, 0.6) is 0 Å². The Morgan fingerprint density at radius 1 is 1.27 bits per heavy atom. The van der Waals surface area contributed by atoms with Crippen molar-refractivity contribution in [2.75, 3.05) is 27.2 Å². The van der Waals surface area contributed by atoms with Crippen LogP contribution in [0.25, 0.3) is 10.9 Å².